The van der Waals surface area contributed by atoms with Crippen molar-refractivity contribution in [1.29, 1.82) is 0 Å². The predicted molar refractivity (Wildman–Crippen MR) is 139 cm³/mol. The minimum absolute atomic E-state index is 0.223. The number of nitrogens with one attached hydrogen (secondary N) is 1. The lowest BCUT2D eigenvalue weighted by atomic mass is 10.1. The highest BCUT2D eigenvalue weighted by Gasteiger charge is 2.13. The Morgan fingerprint density at radius 1 is 1.03 bits per heavy atom. The van der Waals surface area contributed by atoms with Gasteiger partial charge in [-0.25, -0.2) is 18.4 Å². The number of benzene rings is 1. The standard InChI is InChI=1S/C26H24N4O3S2/c1-17-14-22-25(29-24(30-26(22)34-17)20-11-13-33-16-20)27-12-3-4-18-5-7-19(8-6-18)23-10-9-21(15-28-23)35(2,31)32/h5-11,13-16H,3-4,12H2,1-2H3,(H,27,29,30). The summed E-state index contributed by atoms with van der Waals surface area (Å²) in [5.41, 5.74) is 3.79. The quantitative estimate of drug-likeness (QED) is 0.268. The second-order valence-electron chi connectivity index (χ2n) is 8.36. The zero-order valence-electron chi connectivity index (χ0n) is 19.4. The SMILES string of the molecule is Cc1cc2c(NCCCc3ccc(-c4ccc(S(C)(=O)=O)cn4)cc3)nc(-c3ccoc3)nc2s1. The van der Waals surface area contributed by atoms with E-state index in [1.807, 2.05) is 18.2 Å². The predicted octanol–water partition coefficient (Wildman–Crippen LogP) is 5.77. The van der Waals surface area contributed by atoms with E-state index in [2.05, 4.69) is 35.4 Å². The second-order valence-corrected chi connectivity index (χ2v) is 11.6. The molecular formula is C26H24N4O3S2. The Hall–Kier alpha value is -3.56. The maximum atomic E-state index is 11.6. The van der Waals surface area contributed by atoms with Crippen LogP contribution in [0, 0.1) is 6.92 Å². The van der Waals surface area contributed by atoms with Crippen LogP contribution in [0.25, 0.3) is 32.9 Å². The maximum absolute atomic E-state index is 11.6. The van der Waals surface area contributed by atoms with Crippen LogP contribution >= 0.6 is 11.3 Å². The lowest BCUT2D eigenvalue weighted by molar-refractivity contribution is 0.568. The molecule has 1 aromatic carbocycles. The molecule has 0 aliphatic rings. The van der Waals surface area contributed by atoms with Crippen LogP contribution in [-0.4, -0.2) is 36.2 Å². The van der Waals surface area contributed by atoms with Gasteiger partial charge in [-0.1, -0.05) is 24.3 Å². The molecule has 0 fully saturated rings. The molecule has 178 valence electrons. The first-order valence-corrected chi connectivity index (χ1v) is 13.9. The van der Waals surface area contributed by atoms with Gasteiger partial charge in [0.05, 0.1) is 27.8 Å². The summed E-state index contributed by atoms with van der Waals surface area (Å²) in [6, 6.07) is 15.5. The fourth-order valence-corrected chi connectivity index (χ4v) is 5.25. The molecule has 5 rings (SSSR count). The van der Waals surface area contributed by atoms with Gasteiger partial charge in [-0.15, -0.1) is 11.3 Å². The van der Waals surface area contributed by atoms with Gasteiger partial charge in [0.2, 0.25) is 0 Å². The Morgan fingerprint density at radius 3 is 2.54 bits per heavy atom. The third-order valence-corrected chi connectivity index (χ3v) is 7.69. The van der Waals surface area contributed by atoms with Crippen molar-refractivity contribution in [2.45, 2.75) is 24.7 Å². The number of pyridine rings is 1. The van der Waals surface area contributed by atoms with Crippen molar-refractivity contribution in [3.8, 4) is 22.6 Å². The van der Waals surface area contributed by atoms with Crippen LogP contribution in [0.1, 0.15) is 16.9 Å². The van der Waals surface area contributed by atoms with Crippen molar-refractivity contribution < 1.29 is 12.8 Å². The average molecular weight is 505 g/mol. The molecule has 0 saturated heterocycles. The molecule has 4 aromatic heterocycles. The number of fused-ring (bicyclic) bond motifs is 1. The van der Waals surface area contributed by atoms with E-state index < -0.39 is 9.84 Å². The lowest BCUT2D eigenvalue weighted by Gasteiger charge is -2.09. The van der Waals surface area contributed by atoms with Crippen molar-refractivity contribution in [1.82, 2.24) is 15.0 Å². The number of hydrogen-bond acceptors (Lipinski definition) is 8. The van der Waals surface area contributed by atoms with E-state index in [1.165, 1.54) is 22.9 Å². The molecule has 1 N–H and O–H groups in total. The first-order valence-electron chi connectivity index (χ1n) is 11.2. The topological polar surface area (TPSA) is 98.0 Å². The highest BCUT2D eigenvalue weighted by Crippen LogP contribution is 2.31. The van der Waals surface area contributed by atoms with E-state index in [0.29, 0.717) is 5.82 Å². The van der Waals surface area contributed by atoms with Gasteiger partial charge in [-0.2, -0.15) is 0 Å². The number of rotatable bonds is 8. The van der Waals surface area contributed by atoms with E-state index in [4.69, 9.17) is 14.4 Å². The van der Waals surface area contributed by atoms with Crippen molar-refractivity contribution in [2.24, 2.45) is 0 Å². The van der Waals surface area contributed by atoms with Crippen LogP contribution in [0.2, 0.25) is 0 Å². The minimum Gasteiger partial charge on any atom is -0.472 e. The summed E-state index contributed by atoms with van der Waals surface area (Å²) in [6.07, 6.45) is 7.73. The Labute approximate surface area is 207 Å². The van der Waals surface area contributed by atoms with Crippen molar-refractivity contribution in [3.63, 3.8) is 0 Å². The third kappa shape index (κ3) is 5.26. The van der Waals surface area contributed by atoms with Crippen LogP contribution in [0.5, 0.6) is 0 Å². The number of aromatic nitrogens is 3. The lowest BCUT2D eigenvalue weighted by Crippen LogP contribution is -2.06. The van der Waals surface area contributed by atoms with Gasteiger partial charge in [-0.05, 0) is 49.6 Å². The fourth-order valence-electron chi connectivity index (χ4n) is 3.81. The highest BCUT2D eigenvalue weighted by molar-refractivity contribution is 7.90. The molecule has 7 nitrogen and oxygen atoms in total. The van der Waals surface area contributed by atoms with Crippen LogP contribution in [0.15, 0.2) is 76.6 Å². The number of nitrogens with zero attached hydrogens (tertiary/aromatic N) is 3. The van der Waals surface area contributed by atoms with E-state index in [0.717, 1.165) is 52.2 Å². The number of anilines is 1. The minimum atomic E-state index is -3.25. The molecule has 0 bridgehead atoms. The van der Waals surface area contributed by atoms with Gasteiger partial charge >= 0.3 is 0 Å². The van der Waals surface area contributed by atoms with Crippen molar-refractivity contribution >= 4 is 37.2 Å². The van der Waals surface area contributed by atoms with Gasteiger partial charge < -0.3 is 9.73 Å². The normalized spacial score (nSPS) is 11.7. The number of hydrogen-bond donors (Lipinski definition) is 1. The summed E-state index contributed by atoms with van der Waals surface area (Å²) in [4.78, 5) is 16.1. The molecule has 9 heteroatoms. The third-order valence-electron chi connectivity index (χ3n) is 5.64. The fraction of sp³-hybridized carbons (Fsp3) is 0.192. The molecule has 0 atom stereocenters. The van der Waals surface area contributed by atoms with Gasteiger partial charge in [0.15, 0.2) is 15.7 Å². The molecule has 5 aromatic rings. The van der Waals surface area contributed by atoms with Crippen LogP contribution < -0.4 is 5.32 Å². The van der Waals surface area contributed by atoms with Gasteiger partial charge in [0.25, 0.3) is 0 Å². The first kappa shape index (κ1) is 23.2. The summed E-state index contributed by atoms with van der Waals surface area (Å²) >= 11 is 1.66. The van der Waals surface area contributed by atoms with Crippen LogP contribution in [0.3, 0.4) is 0 Å². The van der Waals surface area contributed by atoms with E-state index in [-0.39, 0.29) is 4.90 Å². The van der Waals surface area contributed by atoms with Gasteiger partial charge in [-0.3, -0.25) is 4.98 Å². The summed E-state index contributed by atoms with van der Waals surface area (Å²) in [6.45, 7) is 2.86. The molecule has 0 aliphatic carbocycles. The molecule has 0 unspecified atom stereocenters. The van der Waals surface area contributed by atoms with Crippen molar-refractivity contribution in [3.05, 3.63) is 77.7 Å². The Kier molecular flexibility index (Phi) is 6.36. The molecule has 35 heavy (non-hydrogen) atoms. The first-order chi connectivity index (χ1) is 16.9. The molecule has 4 heterocycles. The number of thiophene rings is 1. The Morgan fingerprint density at radius 2 is 1.86 bits per heavy atom. The average Bonchev–Trinajstić information content (AvgIpc) is 3.51. The number of furan rings is 1. The van der Waals surface area contributed by atoms with Crippen LogP contribution in [-0.2, 0) is 16.3 Å². The number of sulfone groups is 1. The Bertz CT molecular complexity index is 1560. The molecule has 0 aliphatic heterocycles. The maximum Gasteiger partial charge on any atom is 0.177 e. The highest BCUT2D eigenvalue weighted by atomic mass is 32.2. The van der Waals surface area contributed by atoms with Gasteiger partial charge in [0.1, 0.15) is 16.9 Å². The summed E-state index contributed by atoms with van der Waals surface area (Å²) < 4.78 is 28.4. The monoisotopic (exact) mass is 504 g/mol. The summed E-state index contributed by atoms with van der Waals surface area (Å²) in [7, 11) is -3.25. The second kappa shape index (κ2) is 9.59. The summed E-state index contributed by atoms with van der Waals surface area (Å²) in [5.74, 6) is 1.50. The van der Waals surface area contributed by atoms with E-state index in [1.54, 1.807) is 36.0 Å². The smallest absolute Gasteiger partial charge is 0.177 e. The zero-order valence-corrected chi connectivity index (χ0v) is 21.0. The zero-order chi connectivity index (χ0) is 24.4. The Balaban J connectivity index is 1.22. The molecule has 0 amide bonds. The van der Waals surface area contributed by atoms with E-state index in [9.17, 15) is 8.42 Å². The molecule has 0 saturated carbocycles. The molecular weight excluding hydrogens is 480 g/mol. The van der Waals surface area contributed by atoms with Crippen molar-refractivity contribution in [2.75, 3.05) is 18.1 Å². The van der Waals surface area contributed by atoms with Gasteiger partial charge in [0, 0.05) is 29.4 Å². The molecule has 0 spiro atoms. The van der Waals surface area contributed by atoms with Crippen LogP contribution in [0.4, 0.5) is 5.82 Å². The largest absolute Gasteiger partial charge is 0.472 e. The number of aryl methyl sites for hydroxylation is 2. The summed E-state index contributed by atoms with van der Waals surface area (Å²) in [5, 5.41) is 4.53. The molecule has 0 radical (unpaired) electrons. The van der Waals surface area contributed by atoms with E-state index >= 15 is 0 Å².